The summed E-state index contributed by atoms with van der Waals surface area (Å²) in [6.45, 7) is 0. The van der Waals surface area contributed by atoms with E-state index in [-0.39, 0.29) is 23.2 Å². The zero-order valence-corrected chi connectivity index (χ0v) is 16.1. The number of ether oxygens (including phenoxy) is 1. The highest BCUT2D eigenvalue weighted by Crippen LogP contribution is 2.24. The Balaban J connectivity index is 1.34. The lowest BCUT2D eigenvalue weighted by Gasteiger charge is -2.09. The van der Waals surface area contributed by atoms with Crippen LogP contribution in [0.3, 0.4) is 0 Å². The molecule has 0 bridgehead atoms. The van der Waals surface area contributed by atoms with Crippen molar-refractivity contribution in [3.63, 3.8) is 0 Å². The van der Waals surface area contributed by atoms with Crippen molar-refractivity contribution >= 4 is 23.2 Å². The summed E-state index contributed by atoms with van der Waals surface area (Å²) in [6.07, 6.45) is 8.71. The fourth-order valence-electron chi connectivity index (χ4n) is 2.57. The molecule has 4 aromatic rings. The van der Waals surface area contributed by atoms with Crippen LogP contribution in [0, 0.1) is 0 Å². The van der Waals surface area contributed by atoms with Crippen molar-refractivity contribution in [1.82, 2.24) is 19.9 Å². The number of rotatable bonds is 6. The highest BCUT2D eigenvalue weighted by molar-refractivity contribution is 6.03. The quantitative estimate of drug-likeness (QED) is 0.497. The number of carbonyl (C=O) groups excluding carboxylic acids is 2. The van der Waals surface area contributed by atoms with Gasteiger partial charge in [0.25, 0.3) is 11.8 Å². The monoisotopic (exact) mass is 412 g/mol. The lowest BCUT2D eigenvalue weighted by molar-refractivity contribution is 0.101. The standard InChI is InChI=1S/C22H16N6O3/c29-21(19-13-23-9-11-25-19)27-15-1-5-17(6-2-15)31-18-7-3-16(4-8-18)28-22(30)20-14-24-10-12-26-20/h1-14H,(H,27,29)(H,28,30). The van der Waals surface area contributed by atoms with Gasteiger partial charge in [0.15, 0.2) is 0 Å². The molecular formula is C22H16N6O3. The molecule has 9 nitrogen and oxygen atoms in total. The second-order valence-corrected chi connectivity index (χ2v) is 6.24. The van der Waals surface area contributed by atoms with Crippen LogP contribution in [0.15, 0.2) is 85.7 Å². The third-order valence-electron chi connectivity index (χ3n) is 4.05. The number of hydrogen-bond acceptors (Lipinski definition) is 7. The molecule has 2 aromatic carbocycles. The first-order valence-corrected chi connectivity index (χ1v) is 9.20. The fraction of sp³-hybridized carbons (Fsp3) is 0. The number of carbonyl (C=O) groups is 2. The SMILES string of the molecule is O=C(Nc1ccc(Oc2ccc(NC(=O)c3cnccn3)cc2)cc1)c1cnccn1. The van der Waals surface area contributed by atoms with E-state index in [1.807, 2.05) is 0 Å². The van der Waals surface area contributed by atoms with Gasteiger partial charge in [-0.1, -0.05) is 0 Å². The van der Waals surface area contributed by atoms with Gasteiger partial charge in [-0.2, -0.15) is 0 Å². The van der Waals surface area contributed by atoms with Crippen LogP contribution in [0.1, 0.15) is 21.0 Å². The molecule has 4 rings (SSSR count). The maximum absolute atomic E-state index is 12.1. The second-order valence-electron chi connectivity index (χ2n) is 6.24. The molecule has 2 amide bonds. The molecule has 152 valence electrons. The topological polar surface area (TPSA) is 119 Å². The van der Waals surface area contributed by atoms with E-state index in [0.717, 1.165) is 0 Å². The van der Waals surface area contributed by atoms with Gasteiger partial charge in [0.1, 0.15) is 22.9 Å². The van der Waals surface area contributed by atoms with Gasteiger partial charge in [-0.3, -0.25) is 19.6 Å². The zero-order chi connectivity index (χ0) is 21.5. The average Bonchev–Trinajstić information content (AvgIpc) is 2.82. The first kappa shape index (κ1) is 19.6. The molecule has 0 fully saturated rings. The van der Waals surface area contributed by atoms with E-state index in [4.69, 9.17) is 4.74 Å². The Bertz CT molecular complexity index is 1070. The van der Waals surface area contributed by atoms with Crippen molar-refractivity contribution in [2.45, 2.75) is 0 Å². The second kappa shape index (κ2) is 9.23. The molecule has 0 aliphatic carbocycles. The van der Waals surface area contributed by atoms with Crippen LogP contribution in [0.2, 0.25) is 0 Å². The molecule has 0 unspecified atom stereocenters. The summed E-state index contributed by atoms with van der Waals surface area (Å²) < 4.78 is 5.80. The minimum atomic E-state index is -0.346. The van der Waals surface area contributed by atoms with Crippen LogP contribution < -0.4 is 15.4 Å². The van der Waals surface area contributed by atoms with E-state index in [2.05, 4.69) is 30.6 Å². The van der Waals surface area contributed by atoms with Crippen LogP contribution in [0.4, 0.5) is 11.4 Å². The smallest absolute Gasteiger partial charge is 0.275 e. The Hall–Kier alpha value is -4.66. The van der Waals surface area contributed by atoms with E-state index in [1.54, 1.807) is 48.5 Å². The van der Waals surface area contributed by atoms with Crippen molar-refractivity contribution in [2.24, 2.45) is 0 Å². The molecule has 2 heterocycles. The maximum Gasteiger partial charge on any atom is 0.275 e. The Kier molecular flexibility index (Phi) is 5.85. The Morgan fingerprint density at radius 1 is 0.613 bits per heavy atom. The van der Waals surface area contributed by atoms with Crippen LogP contribution in [0.25, 0.3) is 0 Å². The Morgan fingerprint density at radius 2 is 1.03 bits per heavy atom. The van der Waals surface area contributed by atoms with E-state index in [0.29, 0.717) is 22.9 Å². The normalized spacial score (nSPS) is 10.2. The molecule has 2 aromatic heterocycles. The summed E-state index contributed by atoms with van der Waals surface area (Å²) in [5, 5.41) is 5.48. The number of benzene rings is 2. The number of nitrogens with zero attached hydrogens (tertiary/aromatic N) is 4. The predicted octanol–water partition coefficient (Wildman–Crippen LogP) is 3.56. The van der Waals surface area contributed by atoms with Gasteiger partial charge in [0.2, 0.25) is 0 Å². The molecule has 9 heteroatoms. The van der Waals surface area contributed by atoms with E-state index >= 15 is 0 Å². The molecule has 0 spiro atoms. The maximum atomic E-state index is 12.1. The molecule has 2 N–H and O–H groups in total. The molecule has 0 saturated heterocycles. The summed E-state index contributed by atoms with van der Waals surface area (Å²) in [5.41, 5.74) is 1.67. The highest BCUT2D eigenvalue weighted by atomic mass is 16.5. The van der Waals surface area contributed by atoms with Crippen molar-refractivity contribution in [1.29, 1.82) is 0 Å². The summed E-state index contributed by atoms with van der Waals surface area (Å²) >= 11 is 0. The van der Waals surface area contributed by atoms with Gasteiger partial charge in [0, 0.05) is 36.2 Å². The van der Waals surface area contributed by atoms with E-state index in [9.17, 15) is 9.59 Å². The van der Waals surface area contributed by atoms with Gasteiger partial charge in [-0.25, -0.2) is 9.97 Å². The summed E-state index contributed by atoms with van der Waals surface area (Å²) in [5.74, 6) is 0.490. The Morgan fingerprint density at radius 3 is 1.39 bits per heavy atom. The van der Waals surface area contributed by atoms with Crippen molar-refractivity contribution in [2.75, 3.05) is 10.6 Å². The summed E-state index contributed by atoms with van der Waals surface area (Å²) in [6, 6.07) is 13.8. The molecule has 31 heavy (non-hydrogen) atoms. The number of anilines is 2. The van der Waals surface area contributed by atoms with Crippen LogP contribution in [0.5, 0.6) is 11.5 Å². The van der Waals surface area contributed by atoms with Crippen molar-refractivity contribution < 1.29 is 14.3 Å². The average molecular weight is 412 g/mol. The number of hydrogen-bond donors (Lipinski definition) is 2. The predicted molar refractivity (Wildman–Crippen MR) is 113 cm³/mol. The fourth-order valence-corrected chi connectivity index (χ4v) is 2.57. The van der Waals surface area contributed by atoms with Gasteiger partial charge < -0.3 is 15.4 Å². The highest BCUT2D eigenvalue weighted by Gasteiger charge is 2.09. The first-order valence-electron chi connectivity index (χ1n) is 9.20. The number of aromatic nitrogens is 4. The van der Waals surface area contributed by atoms with Gasteiger partial charge in [-0.05, 0) is 48.5 Å². The summed E-state index contributed by atoms with van der Waals surface area (Å²) in [4.78, 5) is 39.9. The minimum absolute atomic E-state index is 0.231. The van der Waals surface area contributed by atoms with E-state index < -0.39 is 0 Å². The molecule has 0 aliphatic heterocycles. The lowest BCUT2D eigenvalue weighted by atomic mass is 10.2. The zero-order valence-electron chi connectivity index (χ0n) is 16.1. The minimum Gasteiger partial charge on any atom is -0.457 e. The van der Waals surface area contributed by atoms with E-state index in [1.165, 1.54) is 37.2 Å². The Labute approximate surface area is 177 Å². The molecule has 0 saturated carbocycles. The molecule has 0 atom stereocenters. The van der Waals surface area contributed by atoms with Crippen LogP contribution >= 0.6 is 0 Å². The van der Waals surface area contributed by atoms with Gasteiger partial charge >= 0.3 is 0 Å². The third-order valence-corrected chi connectivity index (χ3v) is 4.05. The molecule has 0 aliphatic rings. The summed E-state index contributed by atoms with van der Waals surface area (Å²) in [7, 11) is 0. The third kappa shape index (κ3) is 5.24. The lowest BCUT2D eigenvalue weighted by Crippen LogP contribution is -2.13. The number of amides is 2. The van der Waals surface area contributed by atoms with Crippen LogP contribution in [-0.4, -0.2) is 31.8 Å². The molecule has 0 radical (unpaired) electrons. The van der Waals surface area contributed by atoms with Gasteiger partial charge in [-0.15, -0.1) is 0 Å². The first-order chi connectivity index (χ1) is 15.2. The van der Waals surface area contributed by atoms with Crippen LogP contribution in [-0.2, 0) is 0 Å². The van der Waals surface area contributed by atoms with Crippen molar-refractivity contribution in [3.05, 3.63) is 97.1 Å². The number of nitrogens with one attached hydrogen (secondary N) is 2. The molecular weight excluding hydrogens is 396 g/mol. The largest absolute Gasteiger partial charge is 0.457 e. The van der Waals surface area contributed by atoms with Gasteiger partial charge in [0.05, 0.1) is 12.4 Å². The van der Waals surface area contributed by atoms with Crippen molar-refractivity contribution in [3.8, 4) is 11.5 Å².